The normalized spacial score (nSPS) is 21.6. The summed E-state index contributed by atoms with van der Waals surface area (Å²) in [5, 5.41) is 11.6. The van der Waals surface area contributed by atoms with Crippen LogP contribution >= 0.6 is 8.53 Å². The highest BCUT2D eigenvalue weighted by atomic mass is 31.2. The average molecular weight is 902 g/mol. The van der Waals surface area contributed by atoms with Crippen LogP contribution in [0, 0.1) is 11.3 Å². The lowest BCUT2D eigenvalue weighted by Gasteiger charge is -2.40. The Morgan fingerprint density at radius 1 is 0.983 bits per heavy atom. The molecule has 1 unspecified atom stereocenters. The van der Waals surface area contributed by atoms with E-state index in [4.69, 9.17) is 40.9 Å². The fourth-order valence-corrected chi connectivity index (χ4v) is 17.3. The lowest BCUT2D eigenvalue weighted by molar-refractivity contribution is -0.0697. The second kappa shape index (κ2) is 23.7. The zero-order valence-electron chi connectivity index (χ0n) is 38.3. The van der Waals surface area contributed by atoms with E-state index >= 15 is 0 Å². The number of nitrogens with one attached hydrogen (secondary N) is 1. The van der Waals surface area contributed by atoms with Gasteiger partial charge in [0, 0.05) is 31.8 Å². The van der Waals surface area contributed by atoms with Gasteiger partial charge in [-0.1, -0.05) is 57.8 Å². The predicted molar refractivity (Wildman–Crippen MR) is 239 cm³/mol. The van der Waals surface area contributed by atoms with Crippen molar-refractivity contribution in [2.24, 2.45) is 0 Å². The molecule has 1 N–H and O–H groups in total. The van der Waals surface area contributed by atoms with E-state index in [-0.39, 0.29) is 37.0 Å². The summed E-state index contributed by atoms with van der Waals surface area (Å²) in [6.07, 6.45) is 11.7. The van der Waals surface area contributed by atoms with Gasteiger partial charge in [-0.25, -0.2) is 14.3 Å². The van der Waals surface area contributed by atoms with Crippen LogP contribution < -0.4 is 11.0 Å². The highest BCUT2D eigenvalue weighted by molar-refractivity contribution is 7.44. The van der Waals surface area contributed by atoms with Crippen LogP contribution in [0.3, 0.4) is 0 Å². The van der Waals surface area contributed by atoms with Gasteiger partial charge in [-0.2, -0.15) is 10.2 Å². The van der Waals surface area contributed by atoms with E-state index in [0.717, 1.165) is 25.7 Å². The number of amides is 1. The summed E-state index contributed by atoms with van der Waals surface area (Å²) in [5.41, 5.74) is -1.65. The Labute approximate surface area is 359 Å². The number of nitriles is 1. The van der Waals surface area contributed by atoms with Crippen LogP contribution in [0.15, 0.2) is 17.1 Å². The van der Waals surface area contributed by atoms with Crippen LogP contribution in [-0.2, 0) is 35.6 Å². The topological polar surface area (TPSA) is 165 Å². The molecule has 2 heterocycles. The van der Waals surface area contributed by atoms with E-state index in [1.54, 1.807) is 21.0 Å². The third kappa shape index (κ3) is 18.3. The number of anilines is 1. The number of nitrogens with zero attached hydrogens (tertiary/aromatic N) is 4. The van der Waals surface area contributed by atoms with Crippen LogP contribution in [-0.4, -0.2) is 95.7 Å². The summed E-state index contributed by atoms with van der Waals surface area (Å²) in [4.78, 5) is 30.2. The molecule has 15 nitrogen and oxygen atoms in total. The third-order valence-electron chi connectivity index (χ3n) is 9.70. The quantitative estimate of drug-likeness (QED) is 0.103. The fourth-order valence-electron chi connectivity index (χ4n) is 7.27. The molecule has 1 amide bonds. The van der Waals surface area contributed by atoms with Crippen molar-refractivity contribution >= 4 is 46.1 Å². The molecule has 59 heavy (non-hydrogen) atoms. The molecule has 1 aromatic rings. The zero-order valence-corrected chi connectivity index (χ0v) is 42.2. The summed E-state index contributed by atoms with van der Waals surface area (Å²) in [5.74, 6) is 0.00810. The Balaban J connectivity index is 1.98. The summed E-state index contributed by atoms with van der Waals surface area (Å²) in [7, 11) is -8.29. The van der Waals surface area contributed by atoms with E-state index in [1.165, 1.54) is 61.8 Å². The molecule has 0 bridgehead atoms. The minimum absolute atomic E-state index is 0.00475. The lowest BCUT2D eigenvalue weighted by Crippen LogP contribution is -2.61. The number of ether oxygens (including phenoxy) is 2. The fraction of sp³-hybridized carbons (Fsp3) is 0.850. The summed E-state index contributed by atoms with van der Waals surface area (Å²) in [6.45, 7) is 24.5. The molecule has 1 saturated carbocycles. The molecule has 338 valence electrons. The van der Waals surface area contributed by atoms with Crippen molar-refractivity contribution in [3.05, 3.63) is 22.7 Å². The van der Waals surface area contributed by atoms with Crippen molar-refractivity contribution < 1.29 is 40.4 Å². The second-order valence-electron chi connectivity index (χ2n) is 18.8. The molecule has 1 aliphatic carbocycles. The second-order valence-corrected chi connectivity index (χ2v) is 32.0. The van der Waals surface area contributed by atoms with E-state index in [9.17, 15) is 9.59 Å². The molecule has 4 atom stereocenters. The number of carbonyl (C=O) groups excluding carboxylic acids is 1. The SMILES string of the molecule is COP(O[C@H]1C[C@H](n2ccc(NC(=O)OC(C)(C)CC#N)nc2=O)O[C@@H]1CO[Si](OC1CCCCCCCCCCC1)(O[Si](C)(C)C)O[Si](C)(C)C)N(C(C)C)C(C)C. The Morgan fingerprint density at radius 3 is 2.00 bits per heavy atom. The monoisotopic (exact) mass is 901 g/mol. The first-order chi connectivity index (χ1) is 27.6. The largest absolute Gasteiger partial charge is 0.658 e. The minimum atomic E-state index is -3.80. The van der Waals surface area contributed by atoms with E-state index in [1.807, 2.05) is 6.07 Å². The number of hydrogen-bond donors (Lipinski definition) is 1. The minimum Gasteiger partial charge on any atom is -0.442 e. The maximum Gasteiger partial charge on any atom is 0.658 e. The summed E-state index contributed by atoms with van der Waals surface area (Å²) in [6, 6.07) is 3.77. The van der Waals surface area contributed by atoms with Crippen LogP contribution in [0.2, 0.25) is 39.3 Å². The lowest BCUT2D eigenvalue weighted by atomic mass is 10.00. The third-order valence-corrected chi connectivity index (χ3v) is 19.8. The summed E-state index contributed by atoms with van der Waals surface area (Å²) < 4.78 is 56.6. The van der Waals surface area contributed by atoms with Crippen molar-refractivity contribution in [1.82, 2.24) is 14.2 Å². The van der Waals surface area contributed by atoms with Gasteiger partial charge in [0.05, 0.1) is 31.3 Å². The highest BCUT2D eigenvalue weighted by Gasteiger charge is 2.54. The molecule has 19 heteroatoms. The molecule has 2 aliphatic rings. The molecule has 1 aliphatic heterocycles. The maximum atomic E-state index is 13.6. The van der Waals surface area contributed by atoms with Gasteiger partial charge in [0.2, 0.25) is 0 Å². The van der Waals surface area contributed by atoms with Crippen molar-refractivity contribution in [2.75, 3.05) is 19.0 Å². The van der Waals surface area contributed by atoms with Gasteiger partial charge in [-0.15, -0.1) is 0 Å². The molecule has 3 rings (SSSR count). The van der Waals surface area contributed by atoms with E-state index in [0.29, 0.717) is 6.42 Å². The first-order valence-electron chi connectivity index (χ1n) is 21.7. The maximum absolute atomic E-state index is 13.6. The van der Waals surface area contributed by atoms with Crippen LogP contribution in [0.1, 0.15) is 131 Å². The number of rotatable bonds is 19. The molecule has 1 aromatic heterocycles. The molecule has 1 saturated heterocycles. The first kappa shape index (κ1) is 51.7. The molecular formula is C40H76N5O10PSi3. The van der Waals surface area contributed by atoms with Gasteiger partial charge in [-0.05, 0) is 99.7 Å². The molecule has 0 radical (unpaired) electrons. The smallest absolute Gasteiger partial charge is 0.442 e. The zero-order chi connectivity index (χ0) is 44.0. The molecule has 2 fully saturated rings. The predicted octanol–water partition coefficient (Wildman–Crippen LogP) is 9.99. The highest BCUT2D eigenvalue weighted by Crippen LogP contribution is 2.49. The molecule has 0 spiro atoms. The molecular weight excluding hydrogens is 826 g/mol. The summed E-state index contributed by atoms with van der Waals surface area (Å²) >= 11 is 0. The van der Waals surface area contributed by atoms with Crippen molar-refractivity contribution in [3.8, 4) is 6.07 Å². The van der Waals surface area contributed by atoms with Gasteiger partial charge in [-0.3, -0.25) is 9.88 Å². The van der Waals surface area contributed by atoms with Crippen molar-refractivity contribution in [3.63, 3.8) is 0 Å². The van der Waals surface area contributed by atoms with Gasteiger partial charge in [0.15, 0.2) is 16.6 Å². The Morgan fingerprint density at radius 2 is 1.53 bits per heavy atom. The van der Waals surface area contributed by atoms with E-state index in [2.05, 4.69) is 81.9 Å². The van der Waals surface area contributed by atoms with Crippen molar-refractivity contribution in [1.29, 1.82) is 5.26 Å². The van der Waals surface area contributed by atoms with Crippen LogP contribution in [0.4, 0.5) is 10.6 Å². The standard InChI is InChI=1S/C40H76N5O10PSi3/c1-31(2)45(32(3)4)56(48-7)52-34-29-37(44-28-25-36(42-38(44)46)43-39(47)51-40(5,6)26-27-41)50-35(34)30-49-59(54-57(8,9)10,55-58(11,12)13)53-33-23-21-19-17-15-14-16-18-20-22-24-33/h25,28,31-35,37H,14-24,26,29-30H2,1-13H3,(H,42,43,46,47)/t34-,35+,37+,56?/m0/s1. The first-order valence-corrected chi connectivity index (χ1v) is 31.3. The van der Waals surface area contributed by atoms with Gasteiger partial charge < -0.3 is 35.6 Å². The Hall–Kier alpha value is -1.60. The van der Waals surface area contributed by atoms with Gasteiger partial charge >= 0.3 is 20.8 Å². The number of carbonyl (C=O) groups is 1. The number of hydrogen-bond acceptors (Lipinski definition) is 13. The molecule has 0 aromatic carbocycles. The Bertz CT molecular complexity index is 1500. The van der Waals surface area contributed by atoms with Gasteiger partial charge in [0.25, 0.3) is 8.53 Å². The van der Waals surface area contributed by atoms with Crippen LogP contribution in [0.5, 0.6) is 0 Å². The van der Waals surface area contributed by atoms with Crippen LogP contribution in [0.25, 0.3) is 0 Å². The van der Waals surface area contributed by atoms with Gasteiger partial charge in [0.1, 0.15) is 23.8 Å². The number of aromatic nitrogens is 2. The van der Waals surface area contributed by atoms with E-state index < -0.39 is 70.0 Å². The Kier molecular flexibility index (Phi) is 20.8. The average Bonchev–Trinajstić information content (AvgIpc) is 3.48. The van der Waals surface area contributed by atoms with Crippen molar-refractivity contribution in [2.45, 2.75) is 207 Å².